The molecule has 0 bridgehead atoms. The highest BCUT2D eigenvalue weighted by atomic mass is 79.9. The highest BCUT2D eigenvalue weighted by Crippen LogP contribution is 2.26. The van der Waals surface area contributed by atoms with Crippen LogP contribution in [0.3, 0.4) is 0 Å². The third kappa shape index (κ3) is 3.78. The van der Waals surface area contributed by atoms with Gasteiger partial charge in [-0.1, -0.05) is 11.6 Å². The molecular formula is C12H12BrClN2S. The molecule has 0 fully saturated rings. The van der Waals surface area contributed by atoms with E-state index in [1.165, 1.54) is 4.88 Å². The second kappa shape index (κ2) is 5.96. The first-order valence-corrected chi connectivity index (χ1v) is 7.23. The second-order valence-corrected chi connectivity index (χ2v) is 6.37. The Morgan fingerprint density at radius 2 is 2.24 bits per heavy atom. The van der Waals surface area contributed by atoms with Crippen molar-refractivity contribution in [3.05, 3.63) is 49.8 Å². The van der Waals surface area contributed by atoms with Crippen LogP contribution in [0, 0.1) is 0 Å². The predicted octanol–water partition coefficient (Wildman–Crippen LogP) is 4.41. The summed E-state index contributed by atoms with van der Waals surface area (Å²) in [6.07, 6.45) is 1.81. The van der Waals surface area contributed by atoms with Crippen molar-refractivity contribution < 1.29 is 0 Å². The minimum Gasteiger partial charge on any atom is -0.304 e. The molecule has 0 spiro atoms. The largest absolute Gasteiger partial charge is 0.304 e. The average molecular weight is 332 g/mol. The van der Waals surface area contributed by atoms with Crippen LogP contribution >= 0.6 is 38.9 Å². The van der Waals surface area contributed by atoms with Crippen molar-refractivity contribution >= 4 is 38.9 Å². The van der Waals surface area contributed by atoms with E-state index >= 15 is 0 Å². The first kappa shape index (κ1) is 13.0. The predicted molar refractivity (Wildman–Crippen MR) is 76.5 cm³/mol. The Labute approximate surface area is 118 Å². The lowest BCUT2D eigenvalue weighted by molar-refractivity contribution is 0.575. The zero-order valence-corrected chi connectivity index (χ0v) is 12.4. The van der Waals surface area contributed by atoms with Crippen LogP contribution in [0.15, 0.2) is 34.9 Å². The van der Waals surface area contributed by atoms with Gasteiger partial charge >= 0.3 is 0 Å². The van der Waals surface area contributed by atoms with Gasteiger partial charge in [-0.15, -0.1) is 11.3 Å². The molecule has 2 heterocycles. The molecular weight excluding hydrogens is 320 g/mol. The average Bonchev–Trinajstić information content (AvgIpc) is 2.75. The zero-order chi connectivity index (χ0) is 12.3. The molecule has 0 saturated carbocycles. The molecule has 0 saturated heterocycles. The molecule has 90 valence electrons. The fourth-order valence-electron chi connectivity index (χ4n) is 1.43. The molecule has 5 heteroatoms. The van der Waals surface area contributed by atoms with Gasteiger partial charge in [0.05, 0.1) is 10.0 Å². The summed E-state index contributed by atoms with van der Waals surface area (Å²) >= 11 is 10.9. The first-order valence-electron chi connectivity index (χ1n) is 5.24. The normalized spacial score (nSPS) is 12.6. The van der Waals surface area contributed by atoms with Crippen LogP contribution < -0.4 is 5.32 Å². The number of rotatable bonds is 4. The lowest BCUT2D eigenvalue weighted by Gasteiger charge is -2.11. The number of hydrogen-bond donors (Lipinski definition) is 1. The van der Waals surface area contributed by atoms with Gasteiger partial charge in [0, 0.05) is 28.1 Å². The van der Waals surface area contributed by atoms with Crippen LogP contribution in [-0.4, -0.2) is 4.98 Å². The molecule has 0 aromatic carbocycles. The first-order chi connectivity index (χ1) is 8.15. The molecule has 0 amide bonds. The van der Waals surface area contributed by atoms with E-state index < -0.39 is 0 Å². The summed E-state index contributed by atoms with van der Waals surface area (Å²) in [5.74, 6) is 0. The van der Waals surface area contributed by atoms with Crippen LogP contribution in [0.5, 0.6) is 0 Å². The topological polar surface area (TPSA) is 24.9 Å². The standard InChI is InChI=1S/C12H12BrClN2S/c1-8(11-4-5-12(14)17-11)15-7-10-3-2-9(13)6-16-10/h2-6,8,15H,7H2,1H3. The maximum Gasteiger partial charge on any atom is 0.0931 e. The molecule has 1 atom stereocenters. The van der Waals surface area contributed by atoms with Crippen LogP contribution in [-0.2, 0) is 6.54 Å². The Hall–Kier alpha value is -0.420. The minimum absolute atomic E-state index is 0.290. The summed E-state index contributed by atoms with van der Waals surface area (Å²) < 4.78 is 1.83. The van der Waals surface area contributed by atoms with E-state index in [0.29, 0.717) is 0 Å². The number of aromatic nitrogens is 1. The monoisotopic (exact) mass is 330 g/mol. The van der Waals surface area contributed by atoms with E-state index in [9.17, 15) is 0 Å². The fourth-order valence-corrected chi connectivity index (χ4v) is 2.75. The highest BCUT2D eigenvalue weighted by Gasteiger charge is 2.07. The number of pyridine rings is 1. The Balaban J connectivity index is 1.92. The summed E-state index contributed by atoms with van der Waals surface area (Å²) in [6.45, 7) is 2.88. The quantitative estimate of drug-likeness (QED) is 0.897. The van der Waals surface area contributed by atoms with Gasteiger partial charge in [-0.25, -0.2) is 0 Å². The van der Waals surface area contributed by atoms with Crippen molar-refractivity contribution in [2.45, 2.75) is 19.5 Å². The zero-order valence-electron chi connectivity index (χ0n) is 9.28. The van der Waals surface area contributed by atoms with E-state index in [-0.39, 0.29) is 6.04 Å². The van der Waals surface area contributed by atoms with Gasteiger partial charge in [0.15, 0.2) is 0 Å². The van der Waals surface area contributed by atoms with Crippen molar-refractivity contribution in [1.29, 1.82) is 0 Å². The lowest BCUT2D eigenvalue weighted by atomic mass is 10.2. The van der Waals surface area contributed by atoms with E-state index in [1.54, 1.807) is 11.3 Å². The molecule has 1 N–H and O–H groups in total. The van der Waals surface area contributed by atoms with E-state index in [0.717, 1.165) is 21.0 Å². The highest BCUT2D eigenvalue weighted by molar-refractivity contribution is 9.10. The summed E-state index contributed by atoms with van der Waals surface area (Å²) in [7, 11) is 0. The van der Waals surface area contributed by atoms with E-state index in [4.69, 9.17) is 11.6 Å². The van der Waals surface area contributed by atoms with E-state index in [1.807, 2.05) is 24.4 Å². The number of nitrogens with zero attached hydrogens (tertiary/aromatic N) is 1. The number of halogens is 2. The third-order valence-electron chi connectivity index (χ3n) is 2.40. The number of nitrogens with one attached hydrogen (secondary N) is 1. The number of thiophene rings is 1. The van der Waals surface area contributed by atoms with Crippen molar-refractivity contribution in [2.24, 2.45) is 0 Å². The third-order valence-corrected chi connectivity index (χ3v) is 4.28. The van der Waals surface area contributed by atoms with Gasteiger partial charge in [-0.2, -0.15) is 0 Å². The van der Waals surface area contributed by atoms with Crippen molar-refractivity contribution in [3.63, 3.8) is 0 Å². The fraction of sp³-hybridized carbons (Fsp3) is 0.250. The smallest absolute Gasteiger partial charge is 0.0931 e. The summed E-state index contributed by atoms with van der Waals surface area (Å²) in [6, 6.07) is 8.28. The minimum atomic E-state index is 0.290. The molecule has 17 heavy (non-hydrogen) atoms. The molecule has 2 aromatic heterocycles. The maximum absolute atomic E-state index is 5.91. The Morgan fingerprint density at radius 3 is 2.82 bits per heavy atom. The molecule has 2 rings (SSSR count). The van der Waals surface area contributed by atoms with E-state index in [2.05, 4.69) is 39.2 Å². The van der Waals surface area contributed by atoms with Gasteiger partial charge in [-0.05, 0) is 47.1 Å². The summed E-state index contributed by atoms with van der Waals surface area (Å²) in [5.41, 5.74) is 1.03. The van der Waals surface area contributed by atoms with Gasteiger partial charge in [0.25, 0.3) is 0 Å². The summed E-state index contributed by atoms with van der Waals surface area (Å²) in [5, 5.41) is 3.42. The van der Waals surface area contributed by atoms with Gasteiger partial charge < -0.3 is 5.32 Å². The molecule has 2 nitrogen and oxygen atoms in total. The van der Waals surface area contributed by atoms with Crippen LogP contribution in [0.25, 0.3) is 0 Å². The Kier molecular flexibility index (Phi) is 4.56. The molecule has 2 aromatic rings. The molecule has 0 radical (unpaired) electrons. The molecule has 0 aliphatic heterocycles. The molecule has 1 unspecified atom stereocenters. The van der Waals surface area contributed by atoms with Gasteiger partial charge in [-0.3, -0.25) is 4.98 Å². The molecule has 0 aliphatic carbocycles. The summed E-state index contributed by atoms with van der Waals surface area (Å²) in [4.78, 5) is 5.56. The SMILES string of the molecule is CC(NCc1ccc(Br)cn1)c1ccc(Cl)s1. The van der Waals surface area contributed by atoms with Gasteiger partial charge in [0.1, 0.15) is 0 Å². The van der Waals surface area contributed by atoms with Crippen LogP contribution in [0.2, 0.25) is 4.34 Å². The maximum atomic E-state index is 5.91. The molecule has 0 aliphatic rings. The lowest BCUT2D eigenvalue weighted by Crippen LogP contribution is -2.17. The van der Waals surface area contributed by atoms with Crippen LogP contribution in [0.1, 0.15) is 23.5 Å². The number of hydrogen-bond acceptors (Lipinski definition) is 3. The van der Waals surface area contributed by atoms with Gasteiger partial charge in [0.2, 0.25) is 0 Å². The van der Waals surface area contributed by atoms with Crippen molar-refractivity contribution in [3.8, 4) is 0 Å². The Morgan fingerprint density at radius 1 is 1.41 bits per heavy atom. The van der Waals surface area contributed by atoms with Crippen molar-refractivity contribution in [1.82, 2.24) is 10.3 Å². The second-order valence-electron chi connectivity index (χ2n) is 3.71. The Bertz CT molecular complexity index is 484. The van der Waals surface area contributed by atoms with Crippen LogP contribution in [0.4, 0.5) is 0 Å². The van der Waals surface area contributed by atoms with Crippen molar-refractivity contribution in [2.75, 3.05) is 0 Å².